The van der Waals surface area contributed by atoms with E-state index in [0.29, 0.717) is 26.1 Å². The molecule has 0 radical (unpaired) electrons. The molecular weight excluding hydrogens is 366 g/mol. The van der Waals surface area contributed by atoms with Crippen molar-refractivity contribution in [3.05, 3.63) is 54.2 Å². The minimum Gasteiger partial charge on any atom is -0.353 e. The smallest absolute Gasteiger partial charge is 0.238 e. The Labute approximate surface area is 172 Å². The number of hydrogen-bond acceptors (Lipinski definition) is 5. The average Bonchev–Trinajstić information content (AvgIpc) is 2.74. The third-order valence-electron chi connectivity index (χ3n) is 5.06. The Morgan fingerprint density at radius 2 is 1.79 bits per heavy atom. The zero-order valence-corrected chi connectivity index (χ0v) is 17.2. The van der Waals surface area contributed by atoms with Crippen LogP contribution in [0.4, 0.5) is 11.5 Å². The van der Waals surface area contributed by atoms with Gasteiger partial charge in [0, 0.05) is 51.0 Å². The van der Waals surface area contributed by atoms with Gasteiger partial charge < -0.3 is 15.1 Å². The molecule has 0 bridgehead atoms. The van der Waals surface area contributed by atoms with E-state index in [9.17, 15) is 9.59 Å². The summed E-state index contributed by atoms with van der Waals surface area (Å²) in [6, 6.07) is 13.6. The van der Waals surface area contributed by atoms with E-state index >= 15 is 0 Å². The molecule has 0 saturated carbocycles. The van der Waals surface area contributed by atoms with E-state index in [1.807, 2.05) is 66.2 Å². The van der Waals surface area contributed by atoms with Gasteiger partial charge in [-0.2, -0.15) is 0 Å². The van der Waals surface area contributed by atoms with Crippen LogP contribution in [0.25, 0.3) is 0 Å². The van der Waals surface area contributed by atoms with Crippen molar-refractivity contribution in [3.63, 3.8) is 0 Å². The van der Waals surface area contributed by atoms with Crippen LogP contribution >= 0.6 is 0 Å². The van der Waals surface area contributed by atoms with Gasteiger partial charge in [0.1, 0.15) is 5.82 Å². The Morgan fingerprint density at radius 1 is 1.07 bits per heavy atom. The van der Waals surface area contributed by atoms with Crippen LogP contribution in [0, 0.1) is 6.92 Å². The average molecular weight is 396 g/mol. The number of piperazine rings is 1. The van der Waals surface area contributed by atoms with Gasteiger partial charge in [0.15, 0.2) is 0 Å². The van der Waals surface area contributed by atoms with E-state index in [4.69, 9.17) is 0 Å². The predicted molar refractivity (Wildman–Crippen MR) is 115 cm³/mol. The quantitative estimate of drug-likeness (QED) is 0.777. The predicted octanol–water partition coefficient (Wildman–Crippen LogP) is 2.00. The summed E-state index contributed by atoms with van der Waals surface area (Å²) in [6.07, 6.45) is 2.20. The molecule has 2 amide bonds. The first-order valence-electron chi connectivity index (χ1n) is 10.00. The van der Waals surface area contributed by atoms with Gasteiger partial charge in [0.2, 0.25) is 11.8 Å². The maximum absolute atomic E-state index is 12.5. The maximum Gasteiger partial charge on any atom is 0.238 e. The third kappa shape index (κ3) is 6.29. The van der Waals surface area contributed by atoms with Crippen molar-refractivity contribution >= 4 is 23.3 Å². The molecule has 0 atom stereocenters. The molecule has 2 aromatic rings. The number of anilines is 2. The first-order chi connectivity index (χ1) is 14.0. The highest BCUT2D eigenvalue weighted by Gasteiger charge is 2.22. The van der Waals surface area contributed by atoms with Crippen molar-refractivity contribution in [1.82, 2.24) is 14.8 Å². The number of nitrogens with one attached hydrogen (secondary N) is 1. The van der Waals surface area contributed by atoms with E-state index in [0.717, 1.165) is 30.2 Å². The molecule has 1 aliphatic heterocycles. The van der Waals surface area contributed by atoms with Crippen LogP contribution in [0.3, 0.4) is 0 Å². The normalized spacial score (nSPS) is 14.2. The summed E-state index contributed by atoms with van der Waals surface area (Å²) in [5, 5.41) is 2.88. The largest absolute Gasteiger partial charge is 0.353 e. The zero-order chi connectivity index (χ0) is 20.6. The number of benzene rings is 1. The van der Waals surface area contributed by atoms with E-state index in [-0.39, 0.29) is 18.4 Å². The Morgan fingerprint density at radius 3 is 2.45 bits per heavy atom. The molecule has 0 spiro atoms. The fourth-order valence-corrected chi connectivity index (χ4v) is 3.33. The minimum absolute atomic E-state index is 0.0761. The molecule has 1 aliphatic rings. The first-order valence-corrected chi connectivity index (χ1v) is 10.00. The van der Waals surface area contributed by atoms with E-state index in [1.54, 1.807) is 6.20 Å². The number of likely N-dealkylation sites (N-methyl/N-ethyl adjacent to an activating group) is 1. The molecule has 3 rings (SSSR count). The summed E-state index contributed by atoms with van der Waals surface area (Å²) in [5.41, 5.74) is 1.94. The summed E-state index contributed by atoms with van der Waals surface area (Å²) >= 11 is 0. The van der Waals surface area contributed by atoms with Crippen LogP contribution in [-0.4, -0.2) is 72.9 Å². The molecule has 1 fully saturated rings. The molecule has 7 nitrogen and oxygen atoms in total. The Hall–Kier alpha value is -2.93. The van der Waals surface area contributed by atoms with Crippen LogP contribution in [0.2, 0.25) is 0 Å². The second-order valence-electron chi connectivity index (χ2n) is 7.46. The SMILES string of the molecule is Cc1ccc(NC(=O)CN(C)CCC(=O)N2CCN(c3ccccn3)CC2)cc1. The van der Waals surface area contributed by atoms with Gasteiger partial charge >= 0.3 is 0 Å². The summed E-state index contributed by atoms with van der Waals surface area (Å²) in [4.78, 5) is 35.0. The van der Waals surface area contributed by atoms with E-state index in [1.165, 1.54) is 0 Å². The highest BCUT2D eigenvalue weighted by Crippen LogP contribution is 2.13. The van der Waals surface area contributed by atoms with Crippen LogP contribution < -0.4 is 10.2 Å². The molecule has 29 heavy (non-hydrogen) atoms. The molecule has 154 valence electrons. The fourth-order valence-electron chi connectivity index (χ4n) is 3.33. The minimum atomic E-state index is -0.0761. The molecule has 1 aromatic heterocycles. The van der Waals surface area contributed by atoms with E-state index in [2.05, 4.69) is 15.2 Å². The first kappa shape index (κ1) is 20.8. The van der Waals surface area contributed by atoms with Gasteiger partial charge in [-0.15, -0.1) is 0 Å². The number of amides is 2. The van der Waals surface area contributed by atoms with Gasteiger partial charge in [-0.25, -0.2) is 4.98 Å². The van der Waals surface area contributed by atoms with Crippen molar-refractivity contribution < 1.29 is 9.59 Å². The van der Waals surface area contributed by atoms with Gasteiger partial charge in [0.05, 0.1) is 6.54 Å². The van der Waals surface area contributed by atoms with Crippen molar-refractivity contribution in [3.8, 4) is 0 Å². The number of carbonyl (C=O) groups excluding carboxylic acids is 2. The van der Waals surface area contributed by atoms with Crippen molar-refractivity contribution in [2.75, 3.05) is 56.5 Å². The highest BCUT2D eigenvalue weighted by atomic mass is 16.2. The molecule has 2 heterocycles. The van der Waals surface area contributed by atoms with Gasteiger partial charge in [0.25, 0.3) is 0 Å². The summed E-state index contributed by atoms with van der Waals surface area (Å²) < 4.78 is 0. The highest BCUT2D eigenvalue weighted by molar-refractivity contribution is 5.92. The zero-order valence-electron chi connectivity index (χ0n) is 17.2. The standard InChI is InChI=1S/C22H29N5O2/c1-18-6-8-19(9-7-18)24-21(28)17-25(2)12-10-22(29)27-15-13-26(14-16-27)20-5-3-4-11-23-20/h3-9,11H,10,12-17H2,1-2H3,(H,24,28). The molecular formula is C22H29N5O2. The number of nitrogens with zero attached hydrogens (tertiary/aromatic N) is 4. The molecule has 0 unspecified atom stereocenters. The number of carbonyl (C=O) groups is 2. The number of rotatable bonds is 7. The van der Waals surface area contributed by atoms with Gasteiger partial charge in [-0.3, -0.25) is 14.5 Å². The molecule has 1 saturated heterocycles. The Bertz CT molecular complexity index is 802. The van der Waals surface area contributed by atoms with Crippen LogP contribution in [0.15, 0.2) is 48.7 Å². The van der Waals surface area contributed by atoms with Crippen LogP contribution in [-0.2, 0) is 9.59 Å². The molecule has 0 aliphatic carbocycles. The number of aryl methyl sites for hydroxylation is 1. The lowest BCUT2D eigenvalue weighted by molar-refractivity contribution is -0.132. The lowest BCUT2D eigenvalue weighted by Crippen LogP contribution is -2.49. The molecule has 1 N–H and O–H groups in total. The lowest BCUT2D eigenvalue weighted by Gasteiger charge is -2.35. The lowest BCUT2D eigenvalue weighted by atomic mass is 10.2. The number of pyridine rings is 1. The second-order valence-corrected chi connectivity index (χ2v) is 7.46. The summed E-state index contributed by atoms with van der Waals surface area (Å²) in [5.74, 6) is 1.02. The third-order valence-corrected chi connectivity index (χ3v) is 5.06. The molecule has 1 aromatic carbocycles. The second kappa shape index (κ2) is 10.0. The van der Waals surface area contributed by atoms with Crippen molar-refractivity contribution in [2.24, 2.45) is 0 Å². The number of hydrogen-bond donors (Lipinski definition) is 1. The van der Waals surface area contributed by atoms with Crippen LogP contribution in [0.5, 0.6) is 0 Å². The topological polar surface area (TPSA) is 68.8 Å². The maximum atomic E-state index is 12.5. The van der Waals surface area contributed by atoms with Crippen LogP contribution in [0.1, 0.15) is 12.0 Å². The fraction of sp³-hybridized carbons (Fsp3) is 0.409. The monoisotopic (exact) mass is 395 g/mol. The summed E-state index contributed by atoms with van der Waals surface area (Å²) in [6.45, 7) is 5.80. The Balaban J connectivity index is 1.36. The molecule has 7 heteroatoms. The van der Waals surface area contributed by atoms with Crippen molar-refractivity contribution in [2.45, 2.75) is 13.3 Å². The van der Waals surface area contributed by atoms with Gasteiger partial charge in [-0.05, 0) is 38.2 Å². The van der Waals surface area contributed by atoms with Crippen molar-refractivity contribution in [1.29, 1.82) is 0 Å². The summed E-state index contributed by atoms with van der Waals surface area (Å²) in [7, 11) is 1.86. The van der Waals surface area contributed by atoms with E-state index < -0.39 is 0 Å². The Kier molecular flexibility index (Phi) is 7.19. The number of aromatic nitrogens is 1. The van der Waals surface area contributed by atoms with Gasteiger partial charge in [-0.1, -0.05) is 23.8 Å².